The Kier molecular flexibility index (Phi) is 4.67. The van der Waals surface area contributed by atoms with Crippen LogP contribution in [0.2, 0.25) is 0 Å². The fourth-order valence-corrected chi connectivity index (χ4v) is 2.35. The van der Waals surface area contributed by atoms with Crippen molar-refractivity contribution in [1.82, 2.24) is 10.2 Å². The van der Waals surface area contributed by atoms with Gasteiger partial charge in [0.05, 0.1) is 12.5 Å². The second-order valence-electron chi connectivity index (χ2n) is 5.25. The van der Waals surface area contributed by atoms with Gasteiger partial charge in [-0.1, -0.05) is 13.0 Å². The zero-order valence-corrected chi connectivity index (χ0v) is 12.0. The van der Waals surface area contributed by atoms with Crippen LogP contribution in [0.5, 0.6) is 0 Å². The second-order valence-corrected chi connectivity index (χ2v) is 5.25. The summed E-state index contributed by atoms with van der Waals surface area (Å²) in [4.78, 5) is 25.3. The first-order chi connectivity index (χ1) is 9.93. The minimum absolute atomic E-state index is 0.104. The predicted molar refractivity (Wildman–Crippen MR) is 73.2 cm³/mol. The zero-order valence-electron chi connectivity index (χ0n) is 12.0. The molecule has 21 heavy (non-hydrogen) atoms. The average molecular weight is 296 g/mol. The number of imide groups is 1. The first kappa shape index (κ1) is 15.6. The number of nitrogens with one attached hydrogen (secondary N) is 1. The highest BCUT2D eigenvalue weighted by Gasteiger charge is 2.40. The Labute approximate surface area is 122 Å². The number of carbonyl (C=O) groups excluding carboxylic acids is 2. The molecule has 1 aromatic rings. The maximum atomic E-state index is 13.1. The van der Waals surface area contributed by atoms with Crippen molar-refractivity contribution in [2.24, 2.45) is 0 Å². The molecule has 0 aliphatic carbocycles. The van der Waals surface area contributed by atoms with Crippen LogP contribution in [0.25, 0.3) is 0 Å². The van der Waals surface area contributed by atoms with Crippen molar-refractivity contribution < 1.29 is 18.4 Å². The zero-order chi connectivity index (χ0) is 15.6. The van der Waals surface area contributed by atoms with E-state index in [4.69, 9.17) is 0 Å². The second kappa shape index (κ2) is 6.30. The van der Waals surface area contributed by atoms with Crippen molar-refractivity contribution in [3.63, 3.8) is 0 Å². The van der Waals surface area contributed by atoms with Gasteiger partial charge in [-0.05, 0) is 31.0 Å². The third kappa shape index (κ3) is 3.26. The minimum atomic E-state index is -0.927. The molecule has 0 spiro atoms. The lowest BCUT2D eigenvalue weighted by Gasteiger charge is -2.21. The van der Waals surface area contributed by atoms with Gasteiger partial charge in [-0.2, -0.15) is 0 Å². The lowest BCUT2D eigenvalue weighted by Crippen LogP contribution is -2.42. The Morgan fingerprint density at radius 2 is 2.05 bits per heavy atom. The van der Waals surface area contributed by atoms with Crippen LogP contribution in [0.1, 0.15) is 32.3 Å². The minimum Gasteiger partial charge on any atom is -0.301 e. The summed E-state index contributed by atoms with van der Waals surface area (Å²) in [6, 6.07) is 2.84. The van der Waals surface area contributed by atoms with Crippen LogP contribution in [0.3, 0.4) is 0 Å². The van der Waals surface area contributed by atoms with E-state index in [1.165, 1.54) is 11.0 Å². The molecule has 2 atom stereocenters. The molecule has 0 saturated carbocycles. The molecule has 2 rings (SSSR count). The van der Waals surface area contributed by atoms with Crippen LogP contribution in [-0.2, 0) is 16.1 Å². The fourth-order valence-electron chi connectivity index (χ4n) is 2.35. The fraction of sp³-hybridized carbons (Fsp3) is 0.467. The van der Waals surface area contributed by atoms with Crippen LogP contribution < -0.4 is 5.32 Å². The van der Waals surface area contributed by atoms with Crippen LogP contribution >= 0.6 is 0 Å². The maximum absolute atomic E-state index is 13.1. The summed E-state index contributed by atoms with van der Waals surface area (Å²) in [7, 11) is 0. The number of hydrogen-bond donors (Lipinski definition) is 1. The molecule has 6 heteroatoms. The molecular weight excluding hydrogens is 278 g/mol. The summed E-state index contributed by atoms with van der Waals surface area (Å²) < 4.78 is 25.9. The normalized spacial score (nSPS) is 20.2. The van der Waals surface area contributed by atoms with Gasteiger partial charge in [0.2, 0.25) is 11.8 Å². The van der Waals surface area contributed by atoms with E-state index < -0.39 is 17.7 Å². The molecule has 1 aliphatic rings. The van der Waals surface area contributed by atoms with Crippen molar-refractivity contribution in [3.05, 3.63) is 35.4 Å². The van der Waals surface area contributed by atoms with Gasteiger partial charge in [0.1, 0.15) is 0 Å². The Balaban J connectivity index is 1.99. The molecule has 0 bridgehead atoms. The van der Waals surface area contributed by atoms with Gasteiger partial charge in [-0.15, -0.1) is 0 Å². The van der Waals surface area contributed by atoms with Crippen molar-refractivity contribution >= 4 is 11.8 Å². The molecule has 1 fully saturated rings. The summed E-state index contributed by atoms with van der Waals surface area (Å²) in [5, 5.41) is 2.93. The van der Waals surface area contributed by atoms with E-state index in [1.807, 2.05) is 13.8 Å². The highest BCUT2D eigenvalue weighted by Crippen LogP contribution is 2.18. The SMILES string of the molecule is CCC(C)N1C(=O)CC(NCc2ccc(F)c(F)c2)C1=O. The van der Waals surface area contributed by atoms with E-state index in [2.05, 4.69) is 5.32 Å². The summed E-state index contributed by atoms with van der Waals surface area (Å²) in [5.41, 5.74) is 0.524. The molecule has 0 aromatic heterocycles. The lowest BCUT2D eigenvalue weighted by atomic mass is 10.2. The van der Waals surface area contributed by atoms with Gasteiger partial charge in [0.15, 0.2) is 11.6 Å². The van der Waals surface area contributed by atoms with Gasteiger partial charge in [-0.25, -0.2) is 8.78 Å². The molecule has 1 heterocycles. The lowest BCUT2D eigenvalue weighted by molar-refractivity contribution is -0.141. The first-order valence-electron chi connectivity index (χ1n) is 6.97. The number of hydrogen-bond acceptors (Lipinski definition) is 3. The van der Waals surface area contributed by atoms with Gasteiger partial charge >= 0.3 is 0 Å². The third-order valence-electron chi connectivity index (χ3n) is 3.75. The van der Waals surface area contributed by atoms with E-state index in [-0.39, 0.29) is 30.8 Å². The van der Waals surface area contributed by atoms with Crippen LogP contribution in [0, 0.1) is 11.6 Å². The van der Waals surface area contributed by atoms with Crippen LogP contribution in [0.15, 0.2) is 18.2 Å². The molecule has 1 aromatic carbocycles. The predicted octanol–water partition coefficient (Wildman–Crippen LogP) is 1.98. The van der Waals surface area contributed by atoms with E-state index >= 15 is 0 Å². The van der Waals surface area contributed by atoms with Crippen molar-refractivity contribution in [2.75, 3.05) is 0 Å². The molecule has 0 radical (unpaired) electrons. The molecule has 2 unspecified atom stereocenters. The van der Waals surface area contributed by atoms with Crippen molar-refractivity contribution in [2.45, 2.75) is 45.3 Å². The number of halogens is 2. The van der Waals surface area contributed by atoms with Gasteiger partial charge in [0.25, 0.3) is 0 Å². The smallest absolute Gasteiger partial charge is 0.247 e. The van der Waals surface area contributed by atoms with E-state index in [9.17, 15) is 18.4 Å². The standard InChI is InChI=1S/C15H18F2N2O2/c1-3-9(2)19-14(20)7-13(15(19)21)18-8-10-4-5-11(16)12(17)6-10/h4-6,9,13,18H,3,7-8H2,1-2H3. The number of benzene rings is 1. The Morgan fingerprint density at radius 3 is 2.67 bits per heavy atom. The number of rotatable bonds is 5. The summed E-state index contributed by atoms with van der Waals surface area (Å²) in [6.45, 7) is 3.94. The molecule has 1 aliphatic heterocycles. The van der Waals surface area contributed by atoms with Crippen LogP contribution in [-0.4, -0.2) is 28.8 Å². The first-order valence-corrected chi connectivity index (χ1v) is 6.97. The van der Waals surface area contributed by atoms with Gasteiger partial charge in [0, 0.05) is 12.6 Å². The van der Waals surface area contributed by atoms with Gasteiger partial charge < -0.3 is 5.32 Å². The monoisotopic (exact) mass is 296 g/mol. The van der Waals surface area contributed by atoms with E-state index in [1.54, 1.807) is 0 Å². The molecule has 1 saturated heterocycles. The van der Waals surface area contributed by atoms with Crippen molar-refractivity contribution in [3.8, 4) is 0 Å². The topological polar surface area (TPSA) is 49.4 Å². The Hall–Kier alpha value is -1.82. The molecule has 1 N–H and O–H groups in total. The molecule has 4 nitrogen and oxygen atoms in total. The largest absolute Gasteiger partial charge is 0.301 e. The highest BCUT2D eigenvalue weighted by molar-refractivity contribution is 6.05. The van der Waals surface area contributed by atoms with E-state index in [0.29, 0.717) is 12.0 Å². The number of carbonyl (C=O) groups is 2. The molecule has 2 amide bonds. The summed E-state index contributed by atoms with van der Waals surface area (Å²) in [5.74, 6) is -2.28. The summed E-state index contributed by atoms with van der Waals surface area (Å²) in [6.07, 6.45) is 0.806. The van der Waals surface area contributed by atoms with E-state index in [0.717, 1.165) is 12.1 Å². The third-order valence-corrected chi connectivity index (χ3v) is 3.75. The summed E-state index contributed by atoms with van der Waals surface area (Å²) >= 11 is 0. The van der Waals surface area contributed by atoms with Crippen molar-refractivity contribution in [1.29, 1.82) is 0 Å². The average Bonchev–Trinajstić information content (AvgIpc) is 2.74. The number of amides is 2. The molecule has 114 valence electrons. The van der Waals surface area contributed by atoms with Gasteiger partial charge in [-0.3, -0.25) is 14.5 Å². The Morgan fingerprint density at radius 1 is 1.33 bits per heavy atom. The number of nitrogens with zero attached hydrogens (tertiary/aromatic N) is 1. The number of likely N-dealkylation sites (tertiary alicyclic amines) is 1. The maximum Gasteiger partial charge on any atom is 0.247 e. The quantitative estimate of drug-likeness (QED) is 0.845. The van der Waals surface area contributed by atoms with Crippen LogP contribution in [0.4, 0.5) is 8.78 Å². The highest BCUT2D eigenvalue weighted by atomic mass is 19.2. The molecular formula is C15H18F2N2O2. The Bertz CT molecular complexity index is 563.